The van der Waals surface area contributed by atoms with Crippen LogP contribution in [0.25, 0.3) is 0 Å². The number of carbonyl (C=O) groups is 2. The van der Waals surface area contributed by atoms with E-state index in [4.69, 9.17) is 19.3 Å². The highest BCUT2D eigenvalue weighted by molar-refractivity contribution is 7.12. The molecule has 1 aromatic heterocycles. The smallest absolute Gasteiger partial charge is 0.317 e. The highest BCUT2D eigenvalue weighted by atomic mass is 32.1. The zero-order chi connectivity index (χ0) is 24.5. The van der Waals surface area contributed by atoms with Crippen LogP contribution >= 0.6 is 11.3 Å². The number of amides is 3. The van der Waals surface area contributed by atoms with Gasteiger partial charge in [-0.05, 0) is 36.1 Å². The van der Waals surface area contributed by atoms with E-state index in [9.17, 15) is 9.59 Å². The molecule has 2 heterocycles. The summed E-state index contributed by atoms with van der Waals surface area (Å²) in [6.45, 7) is 3.00. The van der Waals surface area contributed by atoms with E-state index in [2.05, 4.69) is 5.32 Å². The maximum Gasteiger partial charge on any atom is 0.317 e. The minimum atomic E-state index is -0.391. The van der Waals surface area contributed by atoms with Gasteiger partial charge in [-0.1, -0.05) is 13.0 Å². The quantitative estimate of drug-likeness (QED) is 0.523. The second-order valence-corrected chi connectivity index (χ2v) is 8.68. The molecule has 1 atom stereocenters. The van der Waals surface area contributed by atoms with Crippen LogP contribution in [0.4, 0.5) is 4.79 Å². The highest BCUT2D eigenvalue weighted by Gasteiger charge is 2.36. The molecule has 0 spiro atoms. The molecule has 1 aromatic carbocycles. The number of urea groups is 1. The molecule has 184 valence electrons. The van der Waals surface area contributed by atoms with Crippen molar-refractivity contribution in [2.75, 3.05) is 47.6 Å². The summed E-state index contributed by atoms with van der Waals surface area (Å²) in [4.78, 5) is 28.7. The molecule has 2 aromatic rings. The third-order valence-electron chi connectivity index (χ3n) is 5.47. The molecule has 0 saturated heterocycles. The minimum Gasteiger partial charge on any atom is -0.497 e. The Bertz CT molecular complexity index is 995. The number of nitrogens with one attached hydrogen (secondary N) is 1. The monoisotopic (exact) mass is 488 g/mol. The maximum atomic E-state index is 13.5. The second kappa shape index (κ2) is 12.4. The van der Waals surface area contributed by atoms with Crippen LogP contribution in [0.5, 0.6) is 11.5 Å². The van der Waals surface area contributed by atoms with Crippen molar-refractivity contribution in [2.24, 2.45) is 5.10 Å². The van der Waals surface area contributed by atoms with Crippen LogP contribution in [0.1, 0.15) is 36.2 Å². The summed E-state index contributed by atoms with van der Waals surface area (Å²) in [5, 5.41) is 11.0. The molecule has 0 saturated carbocycles. The fraction of sp³-hybridized carbons (Fsp3) is 0.458. The van der Waals surface area contributed by atoms with Crippen molar-refractivity contribution in [1.82, 2.24) is 15.2 Å². The van der Waals surface area contributed by atoms with Crippen LogP contribution in [-0.2, 0) is 9.53 Å². The Labute approximate surface area is 204 Å². The van der Waals surface area contributed by atoms with Crippen LogP contribution in [0.3, 0.4) is 0 Å². The third kappa shape index (κ3) is 6.06. The molecule has 0 unspecified atom stereocenters. The van der Waals surface area contributed by atoms with Gasteiger partial charge in [0.2, 0.25) is 0 Å². The van der Waals surface area contributed by atoms with E-state index in [0.29, 0.717) is 37.6 Å². The Morgan fingerprint density at radius 1 is 1.24 bits per heavy atom. The molecule has 0 radical (unpaired) electrons. The molecule has 0 aliphatic carbocycles. The summed E-state index contributed by atoms with van der Waals surface area (Å²) >= 11 is 1.57. The number of benzene rings is 1. The SMILES string of the molecule is CCCNC(=O)N(CCOC)CC(=O)N1N=C(c2cccs2)C[C@@H]1c1cc(OC)ccc1OC. The number of hydrazone groups is 1. The molecule has 0 fully saturated rings. The first-order valence-corrected chi connectivity index (χ1v) is 12.1. The molecule has 3 amide bonds. The van der Waals surface area contributed by atoms with Gasteiger partial charge < -0.3 is 24.4 Å². The lowest BCUT2D eigenvalue weighted by Crippen LogP contribution is -2.47. The molecule has 34 heavy (non-hydrogen) atoms. The average Bonchev–Trinajstić information content (AvgIpc) is 3.54. The van der Waals surface area contributed by atoms with Gasteiger partial charge in [0.25, 0.3) is 5.91 Å². The van der Waals surface area contributed by atoms with Gasteiger partial charge in [0.05, 0.1) is 37.5 Å². The number of hydrogen-bond donors (Lipinski definition) is 1. The van der Waals surface area contributed by atoms with E-state index < -0.39 is 6.04 Å². The van der Waals surface area contributed by atoms with Crippen LogP contribution in [0, 0.1) is 0 Å². The molecule has 0 bridgehead atoms. The molecule has 9 nitrogen and oxygen atoms in total. The number of hydrogen-bond acceptors (Lipinski definition) is 7. The average molecular weight is 489 g/mol. The van der Waals surface area contributed by atoms with Gasteiger partial charge in [0.15, 0.2) is 0 Å². The minimum absolute atomic E-state index is 0.122. The predicted octanol–water partition coefficient (Wildman–Crippen LogP) is 3.51. The van der Waals surface area contributed by atoms with Crippen molar-refractivity contribution in [3.05, 3.63) is 46.2 Å². The molecular weight excluding hydrogens is 456 g/mol. The van der Waals surface area contributed by atoms with Crippen molar-refractivity contribution in [1.29, 1.82) is 0 Å². The largest absolute Gasteiger partial charge is 0.497 e. The van der Waals surface area contributed by atoms with E-state index >= 15 is 0 Å². The number of carbonyl (C=O) groups excluding carboxylic acids is 2. The first-order valence-electron chi connectivity index (χ1n) is 11.2. The van der Waals surface area contributed by atoms with Crippen LogP contribution in [0.15, 0.2) is 40.8 Å². The Morgan fingerprint density at radius 3 is 2.71 bits per heavy atom. The molecule has 3 rings (SSSR count). The standard InChI is InChI=1S/C24H32N4O5S/c1-5-10-25-24(30)27(11-12-31-2)16-23(29)28-20(15-19(26-28)22-7-6-13-34-22)18-14-17(32-3)8-9-21(18)33-4/h6-9,13-14,20H,5,10-12,15-16H2,1-4H3,(H,25,30)/t20-/m1/s1. The lowest BCUT2D eigenvalue weighted by Gasteiger charge is -2.27. The molecular formula is C24H32N4O5S. The summed E-state index contributed by atoms with van der Waals surface area (Å²) in [6, 6.07) is 8.76. The Morgan fingerprint density at radius 2 is 2.06 bits per heavy atom. The van der Waals surface area contributed by atoms with Gasteiger partial charge in [-0.15, -0.1) is 11.3 Å². The van der Waals surface area contributed by atoms with Crippen molar-refractivity contribution in [3.8, 4) is 11.5 Å². The number of thiophene rings is 1. The number of rotatable bonds is 11. The zero-order valence-corrected chi connectivity index (χ0v) is 20.9. The number of nitrogens with zero attached hydrogens (tertiary/aromatic N) is 3. The fourth-order valence-electron chi connectivity index (χ4n) is 3.71. The van der Waals surface area contributed by atoms with E-state index in [-0.39, 0.29) is 18.5 Å². The van der Waals surface area contributed by atoms with E-state index in [0.717, 1.165) is 22.6 Å². The van der Waals surface area contributed by atoms with Crippen LogP contribution in [-0.4, -0.2) is 75.1 Å². The van der Waals surface area contributed by atoms with Gasteiger partial charge in [-0.2, -0.15) is 5.10 Å². The Balaban J connectivity index is 1.92. The maximum absolute atomic E-state index is 13.5. The van der Waals surface area contributed by atoms with E-state index in [1.807, 2.05) is 42.6 Å². The lowest BCUT2D eigenvalue weighted by atomic mass is 9.99. The van der Waals surface area contributed by atoms with E-state index in [1.54, 1.807) is 32.7 Å². The number of methoxy groups -OCH3 is 3. The van der Waals surface area contributed by atoms with Crippen molar-refractivity contribution >= 4 is 29.0 Å². The Hall–Kier alpha value is -3.11. The van der Waals surface area contributed by atoms with Gasteiger partial charge >= 0.3 is 6.03 Å². The molecule has 1 aliphatic rings. The highest BCUT2D eigenvalue weighted by Crippen LogP contribution is 2.39. The number of ether oxygens (including phenoxy) is 3. The summed E-state index contributed by atoms with van der Waals surface area (Å²) < 4.78 is 16.2. The fourth-order valence-corrected chi connectivity index (χ4v) is 4.43. The summed E-state index contributed by atoms with van der Waals surface area (Å²) in [7, 11) is 4.75. The molecule has 1 N–H and O–H groups in total. The lowest BCUT2D eigenvalue weighted by molar-refractivity contribution is -0.133. The van der Waals surface area contributed by atoms with Crippen molar-refractivity contribution in [2.45, 2.75) is 25.8 Å². The van der Waals surface area contributed by atoms with Crippen LogP contribution < -0.4 is 14.8 Å². The van der Waals surface area contributed by atoms with Crippen LogP contribution in [0.2, 0.25) is 0 Å². The second-order valence-electron chi connectivity index (χ2n) is 7.74. The van der Waals surface area contributed by atoms with Crippen molar-refractivity contribution < 1.29 is 23.8 Å². The first-order chi connectivity index (χ1) is 16.5. The third-order valence-corrected chi connectivity index (χ3v) is 6.39. The summed E-state index contributed by atoms with van der Waals surface area (Å²) in [6.07, 6.45) is 1.33. The van der Waals surface area contributed by atoms with Gasteiger partial charge in [0.1, 0.15) is 18.0 Å². The zero-order valence-electron chi connectivity index (χ0n) is 20.1. The van der Waals surface area contributed by atoms with Gasteiger partial charge in [-0.3, -0.25) is 4.79 Å². The normalized spacial score (nSPS) is 15.1. The van der Waals surface area contributed by atoms with Crippen molar-refractivity contribution in [3.63, 3.8) is 0 Å². The topological polar surface area (TPSA) is 92.7 Å². The van der Waals surface area contributed by atoms with E-state index in [1.165, 1.54) is 9.91 Å². The molecule has 10 heteroatoms. The summed E-state index contributed by atoms with van der Waals surface area (Å²) in [5.74, 6) is 1.01. The van der Waals surface area contributed by atoms with Gasteiger partial charge in [0, 0.05) is 32.2 Å². The molecule has 1 aliphatic heterocycles. The summed E-state index contributed by atoms with van der Waals surface area (Å²) in [5.41, 5.74) is 1.61. The van der Waals surface area contributed by atoms with Gasteiger partial charge in [-0.25, -0.2) is 9.80 Å². The first kappa shape index (κ1) is 25.5. The predicted molar refractivity (Wildman–Crippen MR) is 132 cm³/mol. The Kier molecular flexibility index (Phi) is 9.29.